The van der Waals surface area contributed by atoms with Crippen LogP contribution >= 0.6 is 36.6 Å². The van der Waals surface area contributed by atoms with Crippen LogP contribution in [0, 0.1) is 0 Å². The molecule has 0 aromatic heterocycles. The Balaban J connectivity index is 0.00000144. The van der Waals surface area contributed by atoms with Crippen LogP contribution in [0.1, 0.15) is 6.92 Å². The van der Waals surface area contributed by atoms with E-state index in [4.69, 9.17) is 4.74 Å². The van der Waals surface area contributed by atoms with Crippen molar-refractivity contribution in [3.63, 3.8) is 0 Å². The molecule has 5 nitrogen and oxygen atoms in total. The number of benzene rings is 1. The number of hydrogen-bond donors (Lipinski definition) is 1. The molecule has 0 radical (unpaired) electrons. The minimum atomic E-state index is 0. The van der Waals surface area contributed by atoms with Crippen LogP contribution in [0.15, 0.2) is 24.3 Å². The highest BCUT2D eigenvalue weighted by Crippen LogP contribution is 2.29. The van der Waals surface area contributed by atoms with Crippen molar-refractivity contribution in [2.24, 2.45) is 0 Å². The molecule has 0 aliphatic carbocycles. The Morgan fingerprint density at radius 2 is 1.96 bits per heavy atom. The van der Waals surface area contributed by atoms with Gasteiger partial charge in [0.05, 0.1) is 18.3 Å². The monoisotopic (exact) mass is 393 g/mol. The first-order valence-corrected chi connectivity index (χ1v) is 9.01. The average Bonchev–Trinajstić information content (AvgIpc) is 3.10. The highest BCUT2D eigenvalue weighted by molar-refractivity contribution is 7.99. The number of para-hydroxylation sites is 2. The van der Waals surface area contributed by atoms with Gasteiger partial charge in [-0.1, -0.05) is 12.1 Å². The van der Waals surface area contributed by atoms with E-state index in [9.17, 15) is 4.79 Å². The lowest BCUT2D eigenvalue weighted by Gasteiger charge is -2.37. The van der Waals surface area contributed by atoms with Gasteiger partial charge in [-0.15, -0.1) is 36.6 Å². The number of ether oxygens (including phenoxy) is 1. The summed E-state index contributed by atoms with van der Waals surface area (Å²) in [6.07, 6.45) is 0. The number of piperazine rings is 1. The molecular formula is C16H25Cl2N3O2S. The van der Waals surface area contributed by atoms with E-state index >= 15 is 0 Å². The number of thioether (sulfide) groups is 1. The van der Waals surface area contributed by atoms with Crippen LogP contribution < -0.4 is 15.0 Å². The van der Waals surface area contributed by atoms with Gasteiger partial charge in [0.1, 0.15) is 5.75 Å². The predicted molar refractivity (Wildman–Crippen MR) is 105 cm³/mol. The molecule has 1 aromatic carbocycles. The molecule has 0 spiro atoms. The third kappa shape index (κ3) is 4.85. The molecule has 3 rings (SSSR count). The summed E-state index contributed by atoms with van der Waals surface area (Å²) in [6.45, 7) is 5.94. The molecule has 2 aliphatic heterocycles. The zero-order valence-electron chi connectivity index (χ0n) is 13.8. The van der Waals surface area contributed by atoms with Crippen molar-refractivity contribution in [1.29, 1.82) is 0 Å². The van der Waals surface area contributed by atoms with Crippen molar-refractivity contribution in [1.82, 2.24) is 10.2 Å². The first kappa shape index (κ1) is 21.2. The standard InChI is InChI=1S/C16H23N3O2S.2ClH/c1-2-21-15-6-4-3-5-14(15)18-7-9-19(10-8-18)16(20)13-11-22-12-17-13;;/h3-6,13,17H,2,7-12H2,1H3;2*1H. The molecule has 0 bridgehead atoms. The Hall–Kier alpha value is -0.820. The van der Waals surface area contributed by atoms with Crippen molar-refractivity contribution in [2.45, 2.75) is 13.0 Å². The minimum absolute atomic E-state index is 0. The highest BCUT2D eigenvalue weighted by atomic mass is 35.5. The van der Waals surface area contributed by atoms with Crippen molar-refractivity contribution < 1.29 is 9.53 Å². The fraction of sp³-hybridized carbons (Fsp3) is 0.562. The molecule has 0 saturated carbocycles. The number of rotatable bonds is 4. The molecule has 8 heteroatoms. The van der Waals surface area contributed by atoms with Crippen molar-refractivity contribution in [3.8, 4) is 5.75 Å². The number of halogens is 2. The number of nitrogens with one attached hydrogen (secondary N) is 1. The zero-order valence-corrected chi connectivity index (χ0v) is 16.2. The van der Waals surface area contributed by atoms with Crippen molar-refractivity contribution in [3.05, 3.63) is 24.3 Å². The maximum absolute atomic E-state index is 12.4. The number of anilines is 1. The Morgan fingerprint density at radius 1 is 1.25 bits per heavy atom. The second-order valence-corrected chi connectivity index (χ2v) is 6.52. The third-order valence-electron chi connectivity index (χ3n) is 4.11. The summed E-state index contributed by atoms with van der Waals surface area (Å²) in [4.78, 5) is 16.7. The minimum Gasteiger partial charge on any atom is -0.492 e. The van der Waals surface area contributed by atoms with Crippen LogP contribution in [-0.2, 0) is 4.79 Å². The summed E-state index contributed by atoms with van der Waals surface area (Å²) in [5.41, 5.74) is 1.13. The van der Waals surface area contributed by atoms with Gasteiger partial charge in [0, 0.05) is 37.8 Å². The van der Waals surface area contributed by atoms with Crippen molar-refractivity contribution >= 4 is 48.2 Å². The fourth-order valence-electron chi connectivity index (χ4n) is 2.94. The Bertz CT molecular complexity index is 522. The molecule has 1 atom stereocenters. The van der Waals surface area contributed by atoms with Crippen LogP contribution in [0.4, 0.5) is 5.69 Å². The van der Waals surface area contributed by atoms with E-state index in [1.807, 2.05) is 30.0 Å². The number of carbonyl (C=O) groups is 1. The van der Waals surface area contributed by atoms with Gasteiger partial charge < -0.3 is 14.5 Å². The smallest absolute Gasteiger partial charge is 0.240 e. The van der Waals surface area contributed by atoms with Gasteiger partial charge in [-0.3, -0.25) is 10.1 Å². The molecule has 1 N–H and O–H groups in total. The molecular weight excluding hydrogens is 369 g/mol. The van der Waals surface area contributed by atoms with E-state index in [0.29, 0.717) is 6.61 Å². The van der Waals surface area contributed by atoms with E-state index in [0.717, 1.165) is 49.2 Å². The first-order valence-electron chi connectivity index (χ1n) is 7.86. The maximum atomic E-state index is 12.4. The third-order valence-corrected chi connectivity index (χ3v) is 5.05. The summed E-state index contributed by atoms with van der Waals surface area (Å²) in [7, 11) is 0. The van der Waals surface area contributed by atoms with Crippen LogP contribution in [0.5, 0.6) is 5.75 Å². The highest BCUT2D eigenvalue weighted by Gasteiger charge is 2.29. The lowest BCUT2D eigenvalue weighted by atomic mass is 10.2. The number of hydrogen-bond acceptors (Lipinski definition) is 5. The SMILES string of the molecule is CCOc1ccccc1N1CCN(C(=O)C2CSCN2)CC1.Cl.Cl. The molecule has 2 aliphatic rings. The van der Waals surface area contributed by atoms with Crippen LogP contribution in [-0.4, -0.2) is 61.3 Å². The lowest BCUT2D eigenvalue weighted by Crippen LogP contribution is -2.53. The Kier molecular flexibility index (Phi) is 9.05. The molecule has 2 heterocycles. The van der Waals surface area contributed by atoms with Crippen LogP contribution in [0.25, 0.3) is 0 Å². The predicted octanol–water partition coefficient (Wildman–Crippen LogP) is 2.24. The van der Waals surface area contributed by atoms with Gasteiger partial charge in [-0.2, -0.15) is 0 Å². The zero-order chi connectivity index (χ0) is 15.4. The van der Waals surface area contributed by atoms with Gasteiger partial charge in [0.15, 0.2) is 0 Å². The van der Waals surface area contributed by atoms with E-state index in [2.05, 4.69) is 16.3 Å². The van der Waals surface area contributed by atoms with Crippen molar-refractivity contribution in [2.75, 3.05) is 49.3 Å². The second kappa shape index (κ2) is 10.2. The summed E-state index contributed by atoms with van der Waals surface area (Å²) in [6, 6.07) is 8.15. The summed E-state index contributed by atoms with van der Waals surface area (Å²) in [5.74, 6) is 2.96. The Morgan fingerprint density at radius 3 is 2.58 bits per heavy atom. The van der Waals surface area contributed by atoms with Gasteiger partial charge in [0.2, 0.25) is 5.91 Å². The summed E-state index contributed by atoms with van der Waals surface area (Å²) >= 11 is 1.79. The molecule has 2 fully saturated rings. The summed E-state index contributed by atoms with van der Waals surface area (Å²) in [5, 5.41) is 3.26. The van der Waals surface area contributed by atoms with E-state index in [1.54, 1.807) is 11.8 Å². The molecule has 1 amide bonds. The first-order chi connectivity index (χ1) is 10.8. The van der Waals surface area contributed by atoms with Gasteiger partial charge >= 0.3 is 0 Å². The summed E-state index contributed by atoms with van der Waals surface area (Å²) < 4.78 is 5.71. The quantitative estimate of drug-likeness (QED) is 0.849. The fourth-order valence-corrected chi connectivity index (χ4v) is 3.87. The molecule has 1 unspecified atom stereocenters. The average molecular weight is 394 g/mol. The van der Waals surface area contributed by atoms with E-state index in [-0.39, 0.29) is 36.8 Å². The van der Waals surface area contributed by atoms with Gasteiger partial charge in [-0.05, 0) is 19.1 Å². The van der Waals surface area contributed by atoms with Gasteiger partial charge in [0.25, 0.3) is 0 Å². The second-order valence-electron chi connectivity index (χ2n) is 5.48. The van der Waals surface area contributed by atoms with E-state index < -0.39 is 0 Å². The van der Waals surface area contributed by atoms with Crippen LogP contribution in [0.3, 0.4) is 0 Å². The van der Waals surface area contributed by atoms with Gasteiger partial charge in [-0.25, -0.2) is 0 Å². The molecule has 136 valence electrons. The maximum Gasteiger partial charge on any atom is 0.240 e. The number of amides is 1. The molecule has 1 aromatic rings. The Labute approximate surface area is 160 Å². The largest absolute Gasteiger partial charge is 0.492 e. The number of nitrogens with zero attached hydrogens (tertiary/aromatic N) is 2. The number of carbonyl (C=O) groups excluding carboxylic acids is 1. The topological polar surface area (TPSA) is 44.8 Å². The van der Waals surface area contributed by atoms with E-state index in [1.165, 1.54) is 0 Å². The molecule has 2 saturated heterocycles. The molecule has 24 heavy (non-hydrogen) atoms. The van der Waals surface area contributed by atoms with Crippen LogP contribution in [0.2, 0.25) is 0 Å². The normalized spacial score (nSPS) is 20.1. The lowest BCUT2D eigenvalue weighted by molar-refractivity contribution is -0.132.